The van der Waals surface area contributed by atoms with E-state index >= 15 is 0 Å². The van der Waals surface area contributed by atoms with Crippen molar-refractivity contribution in [3.63, 3.8) is 0 Å². The van der Waals surface area contributed by atoms with Gasteiger partial charge >= 0.3 is 0 Å². The van der Waals surface area contributed by atoms with E-state index < -0.39 is 0 Å². The number of anilines is 1. The molecule has 0 atom stereocenters. The van der Waals surface area contributed by atoms with Crippen LogP contribution in [0.25, 0.3) is 0 Å². The van der Waals surface area contributed by atoms with Crippen LogP contribution in [0, 0.1) is 0 Å². The molecular formula is C14H15N3O2. The molecule has 0 saturated heterocycles. The number of pyridine rings is 1. The highest BCUT2D eigenvalue weighted by atomic mass is 16.5. The number of carbonyl (C=O) groups excluding carboxylic acids is 1. The fourth-order valence-electron chi connectivity index (χ4n) is 1.59. The Morgan fingerprint density at radius 1 is 1.21 bits per heavy atom. The van der Waals surface area contributed by atoms with Crippen molar-refractivity contribution >= 4 is 11.6 Å². The number of hydrogen-bond donors (Lipinski definition) is 2. The van der Waals surface area contributed by atoms with Gasteiger partial charge in [-0.05, 0) is 18.2 Å². The Hall–Kier alpha value is -2.40. The van der Waals surface area contributed by atoms with Crippen LogP contribution in [-0.4, -0.2) is 17.5 Å². The van der Waals surface area contributed by atoms with Gasteiger partial charge in [-0.3, -0.25) is 9.78 Å². The first-order chi connectivity index (χ1) is 9.29. The molecule has 3 N–H and O–H groups in total. The quantitative estimate of drug-likeness (QED) is 0.852. The summed E-state index contributed by atoms with van der Waals surface area (Å²) >= 11 is 0. The third-order valence-electron chi connectivity index (χ3n) is 2.52. The number of nitrogens with one attached hydrogen (secondary N) is 1. The highest BCUT2D eigenvalue weighted by Gasteiger charge is 2.05. The molecule has 2 aromatic rings. The average molecular weight is 257 g/mol. The molecule has 0 radical (unpaired) electrons. The Kier molecular flexibility index (Phi) is 4.47. The molecule has 1 amide bonds. The zero-order valence-electron chi connectivity index (χ0n) is 10.4. The Labute approximate surface area is 111 Å². The van der Waals surface area contributed by atoms with Gasteiger partial charge in [-0.1, -0.05) is 18.2 Å². The molecule has 0 fully saturated rings. The molecule has 0 unspecified atom stereocenters. The molecule has 0 aliphatic carbocycles. The van der Waals surface area contributed by atoms with Gasteiger partial charge < -0.3 is 15.8 Å². The third kappa shape index (κ3) is 3.79. The van der Waals surface area contributed by atoms with Gasteiger partial charge in [0, 0.05) is 30.2 Å². The molecule has 5 nitrogen and oxygen atoms in total. The number of benzene rings is 1. The van der Waals surface area contributed by atoms with Crippen LogP contribution in [0.5, 0.6) is 5.75 Å². The van der Waals surface area contributed by atoms with E-state index in [0.717, 1.165) is 5.56 Å². The lowest BCUT2D eigenvalue weighted by Crippen LogP contribution is -2.20. The van der Waals surface area contributed by atoms with Crippen LogP contribution in [0.15, 0.2) is 48.8 Å². The van der Waals surface area contributed by atoms with Crippen molar-refractivity contribution in [3.8, 4) is 5.75 Å². The predicted molar refractivity (Wildman–Crippen MR) is 72.7 cm³/mol. The van der Waals surface area contributed by atoms with Crippen LogP contribution in [0.1, 0.15) is 5.56 Å². The number of nitrogens with two attached hydrogens (primary N) is 1. The first kappa shape index (κ1) is 13.0. The summed E-state index contributed by atoms with van der Waals surface area (Å²) in [5.41, 5.74) is 7.16. The third-order valence-corrected chi connectivity index (χ3v) is 2.52. The van der Waals surface area contributed by atoms with Crippen molar-refractivity contribution in [3.05, 3.63) is 54.4 Å². The lowest BCUT2D eigenvalue weighted by atomic mass is 10.2. The number of ether oxygens (including phenoxy) is 1. The minimum atomic E-state index is -0.224. The molecule has 1 heterocycles. The van der Waals surface area contributed by atoms with E-state index in [1.54, 1.807) is 30.6 Å². The number of nitrogens with zero attached hydrogens (tertiary/aromatic N) is 1. The average Bonchev–Trinajstić information content (AvgIpc) is 2.46. The molecule has 0 spiro atoms. The molecule has 0 bridgehead atoms. The van der Waals surface area contributed by atoms with Crippen molar-refractivity contribution in [2.45, 2.75) is 6.54 Å². The van der Waals surface area contributed by atoms with Crippen molar-refractivity contribution < 1.29 is 9.53 Å². The van der Waals surface area contributed by atoms with Crippen LogP contribution < -0.4 is 15.8 Å². The van der Waals surface area contributed by atoms with Crippen LogP contribution in [-0.2, 0) is 11.3 Å². The number of amides is 1. The van der Waals surface area contributed by atoms with E-state index in [1.165, 1.54) is 0 Å². The Morgan fingerprint density at radius 2 is 1.95 bits per heavy atom. The topological polar surface area (TPSA) is 77.2 Å². The highest BCUT2D eigenvalue weighted by molar-refractivity contribution is 5.91. The largest absolute Gasteiger partial charge is 0.483 e. The molecule has 19 heavy (non-hydrogen) atoms. The van der Waals surface area contributed by atoms with E-state index in [2.05, 4.69) is 10.3 Å². The van der Waals surface area contributed by atoms with Crippen LogP contribution in [0.3, 0.4) is 0 Å². The van der Waals surface area contributed by atoms with E-state index in [1.807, 2.05) is 18.2 Å². The summed E-state index contributed by atoms with van der Waals surface area (Å²) in [6.07, 6.45) is 3.22. The maximum Gasteiger partial charge on any atom is 0.262 e. The fraction of sp³-hybridized carbons (Fsp3) is 0.143. The molecular weight excluding hydrogens is 242 g/mol. The number of carbonyl (C=O) groups is 1. The van der Waals surface area contributed by atoms with Gasteiger partial charge in [-0.15, -0.1) is 0 Å². The summed E-state index contributed by atoms with van der Waals surface area (Å²) in [6, 6.07) is 10.8. The van der Waals surface area contributed by atoms with Gasteiger partial charge in [-0.25, -0.2) is 0 Å². The van der Waals surface area contributed by atoms with E-state index in [-0.39, 0.29) is 12.5 Å². The van der Waals surface area contributed by atoms with Gasteiger partial charge in [0.25, 0.3) is 5.91 Å². The van der Waals surface area contributed by atoms with Crippen molar-refractivity contribution in [1.82, 2.24) is 4.98 Å². The molecule has 1 aromatic heterocycles. The SMILES string of the molecule is NCc1ccccc1OCC(=O)Nc1ccncc1. The smallest absolute Gasteiger partial charge is 0.262 e. The summed E-state index contributed by atoms with van der Waals surface area (Å²) in [4.78, 5) is 15.6. The van der Waals surface area contributed by atoms with Crippen LogP contribution in [0.2, 0.25) is 0 Å². The molecule has 0 aliphatic heterocycles. The van der Waals surface area contributed by atoms with Crippen molar-refractivity contribution in [1.29, 1.82) is 0 Å². The van der Waals surface area contributed by atoms with Gasteiger partial charge in [0.2, 0.25) is 0 Å². The van der Waals surface area contributed by atoms with Crippen molar-refractivity contribution in [2.24, 2.45) is 5.73 Å². The minimum absolute atomic E-state index is 0.0562. The minimum Gasteiger partial charge on any atom is -0.483 e. The lowest BCUT2D eigenvalue weighted by Gasteiger charge is -2.10. The normalized spacial score (nSPS) is 9.95. The number of para-hydroxylation sites is 1. The van der Waals surface area contributed by atoms with Crippen LogP contribution >= 0.6 is 0 Å². The molecule has 0 saturated carbocycles. The lowest BCUT2D eigenvalue weighted by molar-refractivity contribution is -0.118. The maximum absolute atomic E-state index is 11.7. The first-order valence-corrected chi connectivity index (χ1v) is 5.90. The second-order valence-corrected chi connectivity index (χ2v) is 3.88. The summed E-state index contributed by atoms with van der Waals surface area (Å²) in [5, 5.41) is 2.71. The zero-order valence-corrected chi connectivity index (χ0v) is 10.4. The number of rotatable bonds is 5. The summed E-state index contributed by atoms with van der Waals surface area (Å²) in [7, 11) is 0. The molecule has 98 valence electrons. The van der Waals surface area contributed by atoms with Crippen molar-refractivity contribution in [2.75, 3.05) is 11.9 Å². The number of hydrogen-bond acceptors (Lipinski definition) is 4. The summed E-state index contributed by atoms with van der Waals surface area (Å²) in [5.74, 6) is 0.410. The Bertz CT molecular complexity index is 543. The second kappa shape index (κ2) is 6.51. The van der Waals surface area contributed by atoms with E-state index in [0.29, 0.717) is 18.0 Å². The monoisotopic (exact) mass is 257 g/mol. The van der Waals surface area contributed by atoms with Gasteiger partial charge in [0.05, 0.1) is 0 Å². The summed E-state index contributed by atoms with van der Waals surface area (Å²) in [6.45, 7) is 0.321. The fourth-order valence-corrected chi connectivity index (χ4v) is 1.59. The second-order valence-electron chi connectivity index (χ2n) is 3.88. The van der Waals surface area contributed by atoms with Gasteiger partial charge in [0.15, 0.2) is 6.61 Å². The Morgan fingerprint density at radius 3 is 2.68 bits per heavy atom. The first-order valence-electron chi connectivity index (χ1n) is 5.90. The zero-order chi connectivity index (χ0) is 13.5. The van der Waals surface area contributed by atoms with Gasteiger partial charge in [-0.2, -0.15) is 0 Å². The molecule has 0 aliphatic rings. The molecule has 2 rings (SSSR count). The van der Waals surface area contributed by atoms with Crippen LogP contribution in [0.4, 0.5) is 5.69 Å². The summed E-state index contributed by atoms with van der Waals surface area (Å²) < 4.78 is 5.45. The van der Waals surface area contributed by atoms with Gasteiger partial charge in [0.1, 0.15) is 5.75 Å². The van der Waals surface area contributed by atoms with E-state index in [9.17, 15) is 4.79 Å². The van der Waals surface area contributed by atoms with E-state index in [4.69, 9.17) is 10.5 Å². The highest BCUT2D eigenvalue weighted by Crippen LogP contribution is 2.16. The molecule has 5 heteroatoms. The maximum atomic E-state index is 11.7. The number of aromatic nitrogens is 1. The Balaban J connectivity index is 1.90. The molecule has 1 aromatic carbocycles. The standard InChI is InChI=1S/C14H15N3O2/c15-9-11-3-1-2-4-13(11)19-10-14(18)17-12-5-7-16-8-6-12/h1-8H,9-10,15H2,(H,16,17,18). The predicted octanol–water partition coefficient (Wildman–Crippen LogP) is 1.56.